The molecule has 1 aliphatic rings. The van der Waals surface area contributed by atoms with E-state index in [-0.39, 0.29) is 6.03 Å². The monoisotopic (exact) mass is 368 g/mol. The lowest BCUT2D eigenvalue weighted by atomic mass is 9.97. The van der Waals surface area contributed by atoms with Crippen molar-refractivity contribution in [1.82, 2.24) is 15.3 Å². The Morgan fingerprint density at radius 1 is 1.23 bits per heavy atom. The molecule has 0 radical (unpaired) electrons. The van der Waals surface area contributed by atoms with Crippen molar-refractivity contribution in [2.75, 3.05) is 11.9 Å². The zero-order chi connectivity index (χ0) is 18.2. The third-order valence-corrected chi connectivity index (χ3v) is 5.20. The van der Waals surface area contributed by atoms with Crippen LogP contribution in [0.25, 0.3) is 0 Å². The van der Waals surface area contributed by atoms with Crippen molar-refractivity contribution >= 4 is 23.5 Å². The third-order valence-electron chi connectivity index (χ3n) is 4.31. The van der Waals surface area contributed by atoms with Gasteiger partial charge in [-0.1, -0.05) is 11.6 Å². The first-order valence-electron chi connectivity index (χ1n) is 8.99. The molecule has 2 aromatic rings. The van der Waals surface area contributed by atoms with Crippen LogP contribution >= 0.6 is 11.8 Å². The van der Waals surface area contributed by atoms with E-state index in [2.05, 4.69) is 26.7 Å². The Kier molecular flexibility index (Phi) is 6.66. The molecular formula is C20H24N4OS. The zero-order valence-corrected chi connectivity index (χ0v) is 15.8. The Hall–Kier alpha value is -2.34. The van der Waals surface area contributed by atoms with Crippen LogP contribution in [0, 0.1) is 6.92 Å². The molecule has 0 fully saturated rings. The minimum atomic E-state index is -0.156. The highest BCUT2D eigenvalue weighted by molar-refractivity contribution is 7.99. The number of aryl methyl sites for hydroxylation is 1. The van der Waals surface area contributed by atoms with Crippen LogP contribution in [0.3, 0.4) is 0 Å². The van der Waals surface area contributed by atoms with Crippen molar-refractivity contribution in [3.63, 3.8) is 0 Å². The second-order valence-electron chi connectivity index (χ2n) is 6.35. The molecule has 136 valence electrons. The molecule has 1 aromatic carbocycles. The number of anilines is 1. The molecule has 0 atom stereocenters. The summed E-state index contributed by atoms with van der Waals surface area (Å²) >= 11 is 1.50. The molecule has 0 saturated heterocycles. The summed E-state index contributed by atoms with van der Waals surface area (Å²) < 4.78 is 0. The number of rotatable bonds is 6. The van der Waals surface area contributed by atoms with E-state index in [1.54, 1.807) is 18.5 Å². The maximum atomic E-state index is 12.1. The van der Waals surface area contributed by atoms with E-state index in [0.717, 1.165) is 22.6 Å². The summed E-state index contributed by atoms with van der Waals surface area (Å²) in [5.41, 5.74) is 3.30. The molecule has 0 aliphatic heterocycles. The molecule has 5 nitrogen and oxygen atoms in total. The SMILES string of the molecule is Cc1cc(Sc2ncccn2)ccc1NC(=O)NCCC1=CCCCC1. The fraction of sp³-hybridized carbons (Fsp3) is 0.350. The zero-order valence-electron chi connectivity index (χ0n) is 15.0. The van der Waals surface area contributed by atoms with Gasteiger partial charge in [0.1, 0.15) is 0 Å². The highest BCUT2D eigenvalue weighted by Crippen LogP contribution is 2.27. The molecule has 0 bridgehead atoms. The number of aromatic nitrogens is 2. The average molecular weight is 369 g/mol. The summed E-state index contributed by atoms with van der Waals surface area (Å²) in [4.78, 5) is 21.6. The number of carbonyl (C=O) groups excluding carboxylic acids is 1. The molecule has 0 unspecified atom stereocenters. The predicted molar refractivity (Wildman–Crippen MR) is 106 cm³/mol. The first kappa shape index (κ1) is 18.5. The van der Waals surface area contributed by atoms with Gasteiger partial charge in [0.05, 0.1) is 0 Å². The van der Waals surface area contributed by atoms with Gasteiger partial charge in [0, 0.05) is 29.5 Å². The molecule has 1 heterocycles. The van der Waals surface area contributed by atoms with Crippen molar-refractivity contribution in [2.24, 2.45) is 0 Å². The van der Waals surface area contributed by atoms with Gasteiger partial charge in [-0.05, 0) is 80.6 Å². The minimum Gasteiger partial charge on any atom is -0.338 e. The van der Waals surface area contributed by atoms with Gasteiger partial charge in [0.15, 0.2) is 5.16 Å². The van der Waals surface area contributed by atoms with Crippen LogP contribution in [-0.4, -0.2) is 22.5 Å². The number of carbonyl (C=O) groups is 1. The van der Waals surface area contributed by atoms with E-state index in [9.17, 15) is 4.79 Å². The third kappa shape index (κ3) is 5.59. The maximum absolute atomic E-state index is 12.1. The number of amides is 2. The first-order valence-corrected chi connectivity index (χ1v) is 9.80. The molecular weight excluding hydrogens is 344 g/mol. The van der Waals surface area contributed by atoms with E-state index in [0.29, 0.717) is 11.7 Å². The molecule has 3 rings (SSSR count). The Morgan fingerprint density at radius 3 is 2.81 bits per heavy atom. The number of allylic oxidation sites excluding steroid dienone is 1. The predicted octanol–water partition coefficient (Wildman–Crippen LogP) is 4.95. The fourth-order valence-electron chi connectivity index (χ4n) is 2.92. The second-order valence-corrected chi connectivity index (χ2v) is 7.39. The van der Waals surface area contributed by atoms with Crippen LogP contribution in [0.5, 0.6) is 0 Å². The Balaban J connectivity index is 1.49. The van der Waals surface area contributed by atoms with Gasteiger partial charge < -0.3 is 10.6 Å². The molecule has 26 heavy (non-hydrogen) atoms. The summed E-state index contributed by atoms with van der Waals surface area (Å²) in [5.74, 6) is 0. The van der Waals surface area contributed by atoms with Crippen LogP contribution in [0.15, 0.2) is 58.4 Å². The van der Waals surface area contributed by atoms with Gasteiger partial charge in [-0.15, -0.1) is 0 Å². The normalized spacial score (nSPS) is 13.8. The number of nitrogens with one attached hydrogen (secondary N) is 2. The molecule has 2 amide bonds. The summed E-state index contributed by atoms with van der Waals surface area (Å²) in [6, 6.07) is 7.56. The van der Waals surface area contributed by atoms with Gasteiger partial charge in [0.25, 0.3) is 0 Å². The molecule has 0 spiro atoms. The van der Waals surface area contributed by atoms with Gasteiger partial charge in [-0.3, -0.25) is 0 Å². The van der Waals surface area contributed by atoms with Crippen LogP contribution < -0.4 is 10.6 Å². The van der Waals surface area contributed by atoms with E-state index in [4.69, 9.17) is 0 Å². The minimum absolute atomic E-state index is 0.156. The van der Waals surface area contributed by atoms with E-state index < -0.39 is 0 Å². The molecule has 0 saturated carbocycles. The lowest BCUT2D eigenvalue weighted by molar-refractivity contribution is 0.252. The maximum Gasteiger partial charge on any atom is 0.319 e. The van der Waals surface area contributed by atoms with Crippen molar-refractivity contribution < 1.29 is 4.79 Å². The van der Waals surface area contributed by atoms with Crippen molar-refractivity contribution in [3.05, 3.63) is 53.9 Å². The first-order chi connectivity index (χ1) is 12.7. The highest BCUT2D eigenvalue weighted by Gasteiger charge is 2.08. The second kappa shape index (κ2) is 9.38. The largest absolute Gasteiger partial charge is 0.338 e. The number of hydrogen-bond acceptors (Lipinski definition) is 4. The number of urea groups is 1. The lowest BCUT2D eigenvalue weighted by Gasteiger charge is -2.14. The Labute approximate surface area is 158 Å². The molecule has 2 N–H and O–H groups in total. The molecule has 1 aromatic heterocycles. The van der Waals surface area contributed by atoms with Crippen LogP contribution in [0.1, 0.15) is 37.7 Å². The number of benzene rings is 1. The van der Waals surface area contributed by atoms with E-state index >= 15 is 0 Å². The van der Waals surface area contributed by atoms with Gasteiger partial charge >= 0.3 is 6.03 Å². The summed E-state index contributed by atoms with van der Waals surface area (Å²) in [5, 5.41) is 6.58. The number of nitrogens with zero attached hydrogens (tertiary/aromatic N) is 2. The van der Waals surface area contributed by atoms with Gasteiger partial charge in [0.2, 0.25) is 0 Å². The fourth-order valence-corrected chi connectivity index (χ4v) is 3.73. The average Bonchev–Trinajstić information content (AvgIpc) is 2.66. The van der Waals surface area contributed by atoms with Crippen LogP contribution in [0.4, 0.5) is 10.5 Å². The number of hydrogen-bond donors (Lipinski definition) is 2. The molecule has 1 aliphatic carbocycles. The van der Waals surface area contributed by atoms with Gasteiger partial charge in [-0.2, -0.15) is 0 Å². The summed E-state index contributed by atoms with van der Waals surface area (Å²) in [7, 11) is 0. The Bertz CT molecular complexity index is 777. The lowest BCUT2D eigenvalue weighted by Crippen LogP contribution is -2.30. The van der Waals surface area contributed by atoms with Gasteiger partial charge in [-0.25, -0.2) is 14.8 Å². The van der Waals surface area contributed by atoms with E-state index in [1.165, 1.54) is 43.0 Å². The standard InChI is InChI=1S/C20H24N4OS/c1-15-14-17(26-20-22-11-5-12-23-20)8-9-18(15)24-19(25)21-13-10-16-6-3-2-4-7-16/h5-6,8-9,11-12,14H,2-4,7,10,13H2,1H3,(H2,21,24,25). The van der Waals surface area contributed by atoms with Crippen molar-refractivity contribution in [1.29, 1.82) is 0 Å². The quantitative estimate of drug-likeness (QED) is 0.559. The topological polar surface area (TPSA) is 66.9 Å². The van der Waals surface area contributed by atoms with Crippen molar-refractivity contribution in [3.8, 4) is 0 Å². The summed E-state index contributed by atoms with van der Waals surface area (Å²) in [6.45, 7) is 2.66. The Morgan fingerprint density at radius 2 is 2.08 bits per heavy atom. The van der Waals surface area contributed by atoms with Crippen molar-refractivity contribution in [2.45, 2.75) is 49.1 Å². The highest BCUT2D eigenvalue weighted by atomic mass is 32.2. The summed E-state index contributed by atoms with van der Waals surface area (Å²) in [6.07, 6.45) is 11.6. The van der Waals surface area contributed by atoms with Crippen LogP contribution in [-0.2, 0) is 0 Å². The molecule has 6 heteroatoms. The van der Waals surface area contributed by atoms with E-state index in [1.807, 2.05) is 25.1 Å². The smallest absolute Gasteiger partial charge is 0.319 e. The van der Waals surface area contributed by atoms with Crippen LogP contribution in [0.2, 0.25) is 0 Å².